The highest BCUT2D eigenvalue weighted by Gasteiger charge is 2.18. The lowest BCUT2D eigenvalue weighted by Crippen LogP contribution is -2.40. The van der Waals surface area contributed by atoms with Gasteiger partial charge in [0.2, 0.25) is 0 Å². The largest absolute Gasteiger partial charge is 0.492 e. The number of hydrogen-bond donors (Lipinski definition) is 2. The maximum Gasteiger partial charge on any atom is 0.330 e. The normalized spacial score (nSPS) is 10.7. The lowest BCUT2D eigenvalue weighted by atomic mass is 10.2. The number of nitrogens with zero attached hydrogens (tertiary/aromatic N) is 2. The molecule has 152 valence electrons. The number of anilines is 2. The van der Waals surface area contributed by atoms with E-state index in [9.17, 15) is 9.59 Å². The van der Waals surface area contributed by atoms with E-state index in [1.54, 1.807) is 0 Å². The monoisotopic (exact) mass is 394 g/mol. The summed E-state index contributed by atoms with van der Waals surface area (Å²) in [4.78, 5) is 29.1. The van der Waals surface area contributed by atoms with E-state index in [-0.39, 0.29) is 18.1 Å². The fourth-order valence-corrected chi connectivity index (χ4v) is 3.14. The molecule has 0 saturated heterocycles. The molecule has 0 fully saturated rings. The van der Waals surface area contributed by atoms with E-state index in [2.05, 4.69) is 4.98 Å². The number of nitrogens with one attached hydrogen (secondary N) is 1. The second kappa shape index (κ2) is 9.14. The molecule has 3 aromatic rings. The molecule has 0 amide bonds. The zero-order valence-corrected chi connectivity index (χ0v) is 16.7. The minimum absolute atomic E-state index is 0.153. The molecule has 7 nitrogen and oxygen atoms in total. The number of ether oxygens (including phenoxy) is 1. The van der Waals surface area contributed by atoms with Crippen molar-refractivity contribution in [2.24, 2.45) is 0 Å². The average molecular weight is 394 g/mol. The smallest absolute Gasteiger partial charge is 0.330 e. The van der Waals surface area contributed by atoms with Crippen LogP contribution in [0.2, 0.25) is 0 Å². The molecule has 0 spiro atoms. The lowest BCUT2D eigenvalue weighted by Gasteiger charge is -2.25. The lowest BCUT2D eigenvalue weighted by molar-refractivity contribution is 0.324. The van der Waals surface area contributed by atoms with Crippen molar-refractivity contribution in [1.29, 1.82) is 0 Å². The highest BCUT2D eigenvalue weighted by Crippen LogP contribution is 2.18. The van der Waals surface area contributed by atoms with E-state index in [0.29, 0.717) is 19.7 Å². The maximum absolute atomic E-state index is 12.5. The summed E-state index contributed by atoms with van der Waals surface area (Å²) in [6.45, 7) is 5.62. The van der Waals surface area contributed by atoms with E-state index in [1.165, 1.54) is 4.57 Å². The number of likely N-dealkylation sites (N-methyl/N-ethyl adjacent to an activating group) is 1. The molecule has 0 aliphatic carbocycles. The third-order valence-corrected chi connectivity index (χ3v) is 4.75. The number of aryl methyl sites for hydroxylation is 1. The molecule has 0 saturated carbocycles. The number of benzene rings is 2. The van der Waals surface area contributed by atoms with Crippen LogP contribution in [0.1, 0.15) is 18.1 Å². The molecule has 0 aliphatic heterocycles. The van der Waals surface area contributed by atoms with Crippen LogP contribution in [0, 0.1) is 6.92 Å². The van der Waals surface area contributed by atoms with Gasteiger partial charge in [-0.3, -0.25) is 14.3 Å². The Labute approximate surface area is 169 Å². The first-order valence-electron chi connectivity index (χ1n) is 9.60. The van der Waals surface area contributed by atoms with Crippen molar-refractivity contribution in [3.63, 3.8) is 0 Å². The molecule has 29 heavy (non-hydrogen) atoms. The number of H-pyrrole nitrogens is 1. The van der Waals surface area contributed by atoms with Crippen LogP contribution >= 0.6 is 0 Å². The number of nitrogen functional groups attached to an aromatic ring is 1. The van der Waals surface area contributed by atoms with Gasteiger partial charge >= 0.3 is 5.69 Å². The average Bonchev–Trinajstić information content (AvgIpc) is 2.72. The molecule has 3 rings (SSSR count). The standard InChI is InChI=1S/C22H26N4O3/c1-3-25(13-14-29-18-11-9-16(2)10-12-18)19-20(23)26(22(28)24-21(19)27)15-17-7-5-4-6-8-17/h4-12H,3,13-15,23H2,1-2H3,(H,24,27,28). The van der Waals surface area contributed by atoms with E-state index < -0.39 is 11.2 Å². The molecule has 0 aliphatic rings. The number of rotatable bonds is 8. The number of aromatic amines is 1. The van der Waals surface area contributed by atoms with Crippen LogP contribution < -0.4 is 26.6 Å². The van der Waals surface area contributed by atoms with Crippen molar-refractivity contribution in [2.45, 2.75) is 20.4 Å². The van der Waals surface area contributed by atoms with Crippen LogP contribution in [-0.2, 0) is 6.54 Å². The zero-order chi connectivity index (χ0) is 20.8. The summed E-state index contributed by atoms with van der Waals surface area (Å²) in [7, 11) is 0. The highest BCUT2D eigenvalue weighted by atomic mass is 16.5. The Morgan fingerprint density at radius 2 is 1.76 bits per heavy atom. The van der Waals surface area contributed by atoms with Crippen LogP contribution in [0.3, 0.4) is 0 Å². The molecule has 2 aromatic carbocycles. The molecule has 0 bridgehead atoms. The van der Waals surface area contributed by atoms with Gasteiger partial charge in [0.1, 0.15) is 23.9 Å². The maximum atomic E-state index is 12.5. The SMILES string of the molecule is CCN(CCOc1ccc(C)cc1)c1c(N)n(Cc2ccccc2)c(=O)[nH]c1=O. The molecular weight excluding hydrogens is 368 g/mol. The van der Waals surface area contributed by atoms with Gasteiger partial charge in [-0.1, -0.05) is 48.0 Å². The summed E-state index contributed by atoms with van der Waals surface area (Å²) in [5, 5.41) is 0. The number of aromatic nitrogens is 2. The van der Waals surface area contributed by atoms with Crippen LogP contribution in [0.15, 0.2) is 64.2 Å². The Morgan fingerprint density at radius 1 is 1.07 bits per heavy atom. The fourth-order valence-electron chi connectivity index (χ4n) is 3.14. The second-order valence-corrected chi connectivity index (χ2v) is 6.81. The van der Waals surface area contributed by atoms with Crippen LogP contribution in [0.4, 0.5) is 11.5 Å². The molecule has 7 heteroatoms. The number of nitrogens with two attached hydrogens (primary N) is 1. The summed E-state index contributed by atoms with van der Waals surface area (Å²) in [5.41, 5.74) is 7.62. The first-order chi connectivity index (χ1) is 14.0. The highest BCUT2D eigenvalue weighted by molar-refractivity contribution is 5.62. The Hall–Kier alpha value is -3.48. The molecule has 1 heterocycles. The number of hydrogen-bond acceptors (Lipinski definition) is 5. The van der Waals surface area contributed by atoms with Gasteiger partial charge in [-0.05, 0) is 31.5 Å². The third-order valence-electron chi connectivity index (χ3n) is 4.75. The quantitative estimate of drug-likeness (QED) is 0.612. The van der Waals surface area contributed by atoms with Crippen molar-refractivity contribution in [3.8, 4) is 5.75 Å². The summed E-state index contributed by atoms with van der Waals surface area (Å²) in [6.07, 6.45) is 0. The minimum Gasteiger partial charge on any atom is -0.492 e. The predicted molar refractivity (Wildman–Crippen MR) is 116 cm³/mol. The third kappa shape index (κ3) is 4.87. The van der Waals surface area contributed by atoms with E-state index >= 15 is 0 Å². The van der Waals surface area contributed by atoms with Gasteiger partial charge in [0.25, 0.3) is 5.56 Å². The van der Waals surface area contributed by atoms with Crippen LogP contribution in [0.5, 0.6) is 5.75 Å². The van der Waals surface area contributed by atoms with Crippen molar-refractivity contribution < 1.29 is 4.74 Å². The van der Waals surface area contributed by atoms with Crippen molar-refractivity contribution >= 4 is 11.5 Å². The fraction of sp³-hybridized carbons (Fsp3) is 0.273. The topological polar surface area (TPSA) is 93.3 Å². The van der Waals surface area contributed by atoms with Gasteiger partial charge in [0, 0.05) is 6.54 Å². The van der Waals surface area contributed by atoms with Crippen molar-refractivity contribution in [2.75, 3.05) is 30.3 Å². The van der Waals surface area contributed by atoms with Gasteiger partial charge in [-0.25, -0.2) is 4.79 Å². The van der Waals surface area contributed by atoms with E-state index in [4.69, 9.17) is 10.5 Å². The van der Waals surface area contributed by atoms with Crippen LogP contribution in [-0.4, -0.2) is 29.2 Å². The Kier molecular flexibility index (Phi) is 6.39. The van der Waals surface area contributed by atoms with Gasteiger partial charge in [0.15, 0.2) is 0 Å². The first-order valence-corrected chi connectivity index (χ1v) is 9.60. The molecule has 3 N–H and O–H groups in total. The summed E-state index contributed by atoms with van der Waals surface area (Å²) in [5.74, 6) is 0.919. The summed E-state index contributed by atoms with van der Waals surface area (Å²) >= 11 is 0. The van der Waals surface area contributed by atoms with Crippen molar-refractivity contribution in [1.82, 2.24) is 9.55 Å². The van der Waals surface area contributed by atoms with E-state index in [0.717, 1.165) is 16.9 Å². The van der Waals surface area contributed by atoms with Crippen LogP contribution in [0.25, 0.3) is 0 Å². The second-order valence-electron chi connectivity index (χ2n) is 6.81. The van der Waals surface area contributed by atoms with E-state index in [1.807, 2.05) is 73.3 Å². The van der Waals surface area contributed by atoms with Gasteiger partial charge in [-0.2, -0.15) is 0 Å². The van der Waals surface area contributed by atoms with Gasteiger partial charge in [0.05, 0.1) is 13.1 Å². The van der Waals surface area contributed by atoms with Crippen molar-refractivity contribution in [3.05, 3.63) is 86.6 Å². The first kappa shape index (κ1) is 20.3. The molecule has 1 aromatic heterocycles. The Balaban J connectivity index is 1.81. The summed E-state index contributed by atoms with van der Waals surface area (Å²) < 4.78 is 7.17. The Bertz CT molecular complexity index is 1060. The molecule has 0 unspecified atom stereocenters. The zero-order valence-electron chi connectivity index (χ0n) is 16.7. The van der Waals surface area contributed by atoms with Gasteiger partial charge < -0.3 is 15.4 Å². The minimum atomic E-state index is -0.521. The van der Waals surface area contributed by atoms with Gasteiger partial charge in [-0.15, -0.1) is 0 Å². The molecule has 0 radical (unpaired) electrons. The molecule has 0 atom stereocenters. The Morgan fingerprint density at radius 3 is 2.41 bits per heavy atom. The molecular formula is C22H26N4O3. The summed E-state index contributed by atoms with van der Waals surface area (Å²) in [6, 6.07) is 17.3. The predicted octanol–water partition coefficient (Wildman–Crippen LogP) is 2.38.